The lowest BCUT2D eigenvalue weighted by atomic mass is 9.91. The normalized spacial score (nSPS) is 12.4. The molecule has 100 valence electrons. The predicted octanol–water partition coefficient (Wildman–Crippen LogP) is 4.30. The first-order chi connectivity index (χ1) is 9.24. The van der Waals surface area contributed by atoms with E-state index in [1.54, 1.807) is 0 Å². The molecule has 0 radical (unpaired) electrons. The Labute approximate surface area is 124 Å². The van der Waals surface area contributed by atoms with Crippen molar-refractivity contribution in [1.82, 2.24) is 0 Å². The summed E-state index contributed by atoms with van der Waals surface area (Å²) in [6.07, 6.45) is 2.08. The smallest absolute Gasteiger partial charge is 0.0210 e. The second-order valence-electron chi connectivity index (χ2n) is 4.83. The van der Waals surface area contributed by atoms with Crippen LogP contribution in [-0.2, 0) is 12.8 Å². The molecule has 0 aliphatic rings. The van der Waals surface area contributed by atoms with Gasteiger partial charge in [0.15, 0.2) is 0 Å². The number of rotatable bonds is 5. The summed E-state index contributed by atoms with van der Waals surface area (Å²) in [6.45, 7) is 2.84. The molecule has 2 aromatic rings. The Morgan fingerprint density at radius 2 is 1.63 bits per heavy atom. The van der Waals surface area contributed by atoms with Gasteiger partial charge in [0.05, 0.1) is 0 Å². The molecule has 0 amide bonds. The average Bonchev–Trinajstić information content (AvgIpc) is 2.46. The summed E-state index contributed by atoms with van der Waals surface area (Å²) in [7, 11) is 0. The highest BCUT2D eigenvalue weighted by atomic mass is 79.9. The van der Waals surface area contributed by atoms with E-state index in [1.165, 1.54) is 16.7 Å². The highest BCUT2D eigenvalue weighted by Crippen LogP contribution is 2.27. The Morgan fingerprint density at radius 1 is 1.00 bits per heavy atom. The van der Waals surface area contributed by atoms with Crippen LogP contribution in [-0.4, -0.2) is 6.54 Å². The number of benzene rings is 2. The summed E-state index contributed by atoms with van der Waals surface area (Å²) in [5.74, 6) is 0.364. The summed E-state index contributed by atoms with van der Waals surface area (Å²) in [6, 6.07) is 17.2. The van der Waals surface area contributed by atoms with Gasteiger partial charge in [0.25, 0.3) is 0 Å². The molecule has 2 N–H and O–H groups in total. The maximum absolute atomic E-state index is 5.96. The molecule has 0 saturated carbocycles. The summed E-state index contributed by atoms with van der Waals surface area (Å²) >= 11 is 3.62. The van der Waals surface area contributed by atoms with Crippen LogP contribution in [0.2, 0.25) is 0 Å². The Bertz CT molecular complexity index is 519. The van der Waals surface area contributed by atoms with Crippen LogP contribution in [0.1, 0.15) is 29.5 Å². The second kappa shape index (κ2) is 6.88. The van der Waals surface area contributed by atoms with E-state index in [0.717, 1.165) is 17.3 Å². The fraction of sp³-hybridized carbons (Fsp3) is 0.294. The van der Waals surface area contributed by atoms with Gasteiger partial charge in [0, 0.05) is 10.4 Å². The molecule has 19 heavy (non-hydrogen) atoms. The van der Waals surface area contributed by atoms with Crippen LogP contribution < -0.4 is 5.73 Å². The van der Waals surface area contributed by atoms with Crippen LogP contribution in [0, 0.1) is 0 Å². The van der Waals surface area contributed by atoms with Gasteiger partial charge >= 0.3 is 0 Å². The molecule has 0 bridgehead atoms. The van der Waals surface area contributed by atoms with E-state index in [4.69, 9.17) is 5.73 Å². The quantitative estimate of drug-likeness (QED) is 0.874. The third kappa shape index (κ3) is 3.68. The molecule has 2 rings (SSSR count). The van der Waals surface area contributed by atoms with E-state index in [1.807, 2.05) is 6.07 Å². The highest BCUT2D eigenvalue weighted by molar-refractivity contribution is 9.10. The van der Waals surface area contributed by atoms with Crippen LogP contribution in [0.4, 0.5) is 0 Å². The van der Waals surface area contributed by atoms with Crippen LogP contribution in [0.15, 0.2) is 53.0 Å². The lowest BCUT2D eigenvalue weighted by Gasteiger charge is -2.17. The van der Waals surface area contributed by atoms with Gasteiger partial charge in [-0.15, -0.1) is 0 Å². The van der Waals surface area contributed by atoms with Crippen molar-refractivity contribution in [3.63, 3.8) is 0 Å². The molecule has 0 saturated heterocycles. The van der Waals surface area contributed by atoms with E-state index in [0.29, 0.717) is 12.5 Å². The second-order valence-corrected chi connectivity index (χ2v) is 5.68. The van der Waals surface area contributed by atoms with Gasteiger partial charge in [0.1, 0.15) is 0 Å². The van der Waals surface area contributed by atoms with E-state index < -0.39 is 0 Å². The van der Waals surface area contributed by atoms with Crippen molar-refractivity contribution in [1.29, 1.82) is 0 Å². The summed E-state index contributed by atoms with van der Waals surface area (Å²) in [5, 5.41) is 0. The third-order valence-electron chi connectivity index (χ3n) is 3.54. The zero-order chi connectivity index (χ0) is 13.7. The zero-order valence-electron chi connectivity index (χ0n) is 11.3. The number of halogens is 1. The lowest BCUT2D eigenvalue weighted by Crippen LogP contribution is -2.15. The molecule has 0 aliphatic carbocycles. The molecular weight excluding hydrogens is 298 g/mol. The van der Waals surface area contributed by atoms with Crippen LogP contribution >= 0.6 is 15.9 Å². The molecule has 0 aliphatic heterocycles. The molecule has 0 aromatic heterocycles. The van der Waals surface area contributed by atoms with Crippen molar-refractivity contribution in [3.05, 3.63) is 69.7 Å². The molecule has 1 unspecified atom stereocenters. The monoisotopic (exact) mass is 317 g/mol. The van der Waals surface area contributed by atoms with Crippen LogP contribution in [0.25, 0.3) is 0 Å². The van der Waals surface area contributed by atoms with Gasteiger partial charge in [-0.25, -0.2) is 0 Å². The zero-order valence-corrected chi connectivity index (χ0v) is 12.9. The largest absolute Gasteiger partial charge is 0.330 e. The third-order valence-corrected chi connectivity index (χ3v) is 4.27. The molecule has 1 atom stereocenters. The average molecular weight is 318 g/mol. The number of hydrogen-bond donors (Lipinski definition) is 1. The molecule has 1 nitrogen and oxygen atoms in total. The maximum Gasteiger partial charge on any atom is 0.0210 e. The molecule has 2 heteroatoms. The Morgan fingerprint density at radius 3 is 2.21 bits per heavy atom. The molecular formula is C17H20BrN. The van der Waals surface area contributed by atoms with E-state index >= 15 is 0 Å². The Balaban J connectivity index is 2.17. The van der Waals surface area contributed by atoms with Gasteiger partial charge in [-0.2, -0.15) is 0 Å². The van der Waals surface area contributed by atoms with E-state index in [-0.39, 0.29) is 0 Å². The topological polar surface area (TPSA) is 26.0 Å². The predicted molar refractivity (Wildman–Crippen MR) is 85.5 cm³/mol. The number of aryl methyl sites for hydroxylation is 1. The first-order valence-electron chi connectivity index (χ1n) is 6.77. The number of nitrogens with two attached hydrogens (primary N) is 1. The van der Waals surface area contributed by atoms with Gasteiger partial charge < -0.3 is 5.73 Å². The fourth-order valence-corrected chi connectivity index (χ4v) is 2.93. The van der Waals surface area contributed by atoms with Crippen molar-refractivity contribution >= 4 is 15.9 Å². The van der Waals surface area contributed by atoms with Crippen molar-refractivity contribution in [2.45, 2.75) is 25.7 Å². The first kappa shape index (κ1) is 14.3. The van der Waals surface area contributed by atoms with Crippen molar-refractivity contribution < 1.29 is 0 Å². The molecule has 0 spiro atoms. The van der Waals surface area contributed by atoms with Crippen molar-refractivity contribution in [2.24, 2.45) is 5.73 Å². The number of hydrogen-bond acceptors (Lipinski definition) is 1. The summed E-state index contributed by atoms with van der Waals surface area (Å²) in [5.41, 5.74) is 9.99. The highest BCUT2D eigenvalue weighted by Gasteiger charge is 2.13. The van der Waals surface area contributed by atoms with Crippen LogP contribution in [0.3, 0.4) is 0 Å². The minimum absolute atomic E-state index is 0.364. The lowest BCUT2D eigenvalue weighted by molar-refractivity contribution is 0.691. The van der Waals surface area contributed by atoms with Gasteiger partial charge in [-0.3, -0.25) is 0 Å². The van der Waals surface area contributed by atoms with Gasteiger partial charge in [-0.1, -0.05) is 65.3 Å². The minimum atomic E-state index is 0.364. The molecule has 0 fully saturated rings. The molecule has 0 heterocycles. The summed E-state index contributed by atoms with van der Waals surface area (Å²) < 4.78 is 1.15. The minimum Gasteiger partial charge on any atom is -0.330 e. The van der Waals surface area contributed by atoms with Gasteiger partial charge in [-0.05, 0) is 42.1 Å². The molecule has 2 aromatic carbocycles. The van der Waals surface area contributed by atoms with Crippen LogP contribution in [0.5, 0.6) is 0 Å². The van der Waals surface area contributed by atoms with Crippen molar-refractivity contribution in [2.75, 3.05) is 6.54 Å². The first-order valence-corrected chi connectivity index (χ1v) is 7.56. The standard InChI is InChI=1S/C17H20BrN/c1-2-13-7-9-14(10-8-13)11-15(12-19)16-5-3-4-6-17(16)18/h3-10,15H,2,11-12,19H2,1H3. The van der Waals surface area contributed by atoms with Gasteiger partial charge in [0.2, 0.25) is 0 Å². The van der Waals surface area contributed by atoms with E-state index in [2.05, 4.69) is 65.3 Å². The summed E-state index contributed by atoms with van der Waals surface area (Å²) in [4.78, 5) is 0. The van der Waals surface area contributed by atoms with E-state index in [9.17, 15) is 0 Å². The Hall–Kier alpha value is -1.12. The maximum atomic E-state index is 5.96. The fourth-order valence-electron chi connectivity index (χ4n) is 2.32. The van der Waals surface area contributed by atoms with Crippen molar-refractivity contribution in [3.8, 4) is 0 Å². The SMILES string of the molecule is CCc1ccc(CC(CN)c2ccccc2Br)cc1. The Kier molecular flexibility index (Phi) is 5.17.